The van der Waals surface area contributed by atoms with Crippen LogP contribution in [-0.4, -0.2) is 36.0 Å². The lowest BCUT2D eigenvalue weighted by Gasteiger charge is -2.29. The lowest BCUT2D eigenvalue weighted by atomic mass is 9.92. The molecule has 0 aromatic heterocycles. The molecule has 1 aromatic rings. The van der Waals surface area contributed by atoms with Gasteiger partial charge in [0.25, 0.3) is 0 Å². The van der Waals surface area contributed by atoms with E-state index in [2.05, 4.69) is 48.3 Å². The Bertz CT molecular complexity index is 503. The van der Waals surface area contributed by atoms with E-state index in [0.29, 0.717) is 30.3 Å². The van der Waals surface area contributed by atoms with Crippen molar-refractivity contribution in [3.05, 3.63) is 35.4 Å². The van der Waals surface area contributed by atoms with Crippen LogP contribution in [0.4, 0.5) is 0 Å². The van der Waals surface area contributed by atoms with Crippen LogP contribution in [0.1, 0.15) is 56.1 Å². The second-order valence-corrected chi connectivity index (χ2v) is 6.90. The molecule has 3 nitrogen and oxygen atoms in total. The van der Waals surface area contributed by atoms with Crippen molar-refractivity contribution in [2.45, 2.75) is 64.0 Å². The van der Waals surface area contributed by atoms with E-state index in [1.807, 2.05) is 0 Å². The molecule has 3 rings (SSSR count). The second kappa shape index (κ2) is 8.16. The number of rotatable bonds is 4. The number of halogens is 1. The van der Waals surface area contributed by atoms with E-state index in [0.717, 1.165) is 25.9 Å². The molecule has 0 spiro atoms. The summed E-state index contributed by atoms with van der Waals surface area (Å²) in [5, 5.41) is 3.47. The average Bonchev–Trinajstić information content (AvgIpc) is 2.79. The van der Waals surface area contributed by atoms with Crippen molar-refractivity contribution in [3.63, 3.8) is 0 Å². The Balaban J connectivity index is 0.00000192. The van der Waals surface area contributed by atoms with Gasteiger partial charge in [-0.15, -0.1) is 12.4 Å². The molecular formula is C19H29ClN2O. The Morgan fingerprint density at radius 1 is 1.22 bits per heavy atom. The number of aryl methyl sites for hydroxylation is 1. The van der Waals surface area contributed by atoms with Gasteiger partial charge >= 0.3 is 0 Å². The summed E-state index contributed by atoms with van der Waals surface area (Å²) in [7, 11) is 0. The number of fused-ring (bicyclic) bond motifs is 2. The van der Waals surface area contributed by atoms with Crippen molar-refractivity contribution in [2.75, 3.05) is 13.1 Å². The van der Waals surface area contributed by atoms with Crippen molar-refractivity contribution in [2.24, 2.45) is 0 Å². The summed E-state index contributed by atoms with van der Waals surface area (Å²) in [6.45, 7) is 6.33. The van der Waals surface area contributed by atoms with Gasteiger partial charge in [0.05, 0.1) is 0 Å². The van der Waals surface area contributed by atoms with Crippen LogP contribution in [-0.2, 0) is 4.79 Å². The maximum Gasteiger partial charge on any atom is 0.223 e. The monoisotopic (exact) mass is 336 g/mol. The van der Waals surface area contributed by atoms with Gasteiger partial charge < -0.3 is 10.2 Å². The molecule has 2 saturated heterocycles. The third-order valence-corrected chi connectivity index (χ3v) is 5.40. The SMILES string of the molecule is CCC(CC(=O)N1C2CCNCC1CC2)c1ccc(C)cc1.Cl. The molecule has 128 valence electrons. The number of amides is 1. The molecular weight excluding hydrogens is 308 g/mol. The van der Waals surface area contributed by atoms with Crippen molar-refractivity contribution in [1.29, 1.82) is 0 Å². The molecule has 2 fully saturated rings. The zero-order valence-electron chi connectivity index (χ0n) is 14.3. The molecule has 4 heteroatoms. The quantitative estimate of drug-likeness (QED) is 0.910. The van der Waals surface area contributed by atoms with E-state index in [1.165, 1.54) is 24.0 Å². The predicted molar refractivity (Wildman–Crippen MR) is 97.2 cm³/mol. The molecule has 1 aromatic carbocycles. The van der Waals surface area contributed by atoms with Gasteiger partial charge in [-0.3, -0.25) is 4.79 Å². The maximum atomic E-state index is 12.9. The molecule has 2 aliphatic heterocycles. The number of nitrogens with one attached hydrogen (secondary N) is 1. The fraction of sp³-hybridized carbons (Fsp3) is 0.632. The lowest BCUT2D eigenvalue weighted by Crippen LogP contribution is -2.43. The number of hydrogen-bond acceptors (Lipinski definition) is 2. The Hall–Kier alpha value is -1.06. The van der Waals surface area contributed by atoms with Crippen LogP contribution in [0, 0.1) is 6.92 Å². The van der Waals surface area contributed by atoms with Gasteiger partial charge in [0.1, 0.15) is 0 Å². The van der Waals surface area contributed by atoms with Crippen molar-refractivity contribution in [3.8, 4) is 0 Å². The molecule has 23 heavy (non-hydrogen) atoms. The number of carbonyl (C=O) groups is 1. The number of carbonyl (C=O) groups excluding carboxylic acids is 1. The molecule has 0 saturated carbocycles. The Morgan fingerprint density at radius 2 is 1.91 bits per heavy atom. The van der Waals surface area contributed by atoms with E-state index in [1.54, 1.807) is 0 Å². The average molecular weight is 337 g/mol. The fourth-order valence-corrected chi connectivity index (χ4v) is 4.04. The Kier molecular flexibility index (Phi) is 6.49. The molecule has 2 heterocycles. The standard InChI is InChI=1S/C19H28N2O.ClH/c1-3-15(16-6-4-14(2)5-7-16)12-19(22)21-17-8-9-18(21)13-20-11-10-17;/h4-7,15,17-18,20H,3,8-13H2,1-2H3;1H. The molecule has 0 aliphatic carbocycles. The predicted octanol–water partition coefficient (Wildman–Crippen LogP) is 3.65. The minimum Gasteiger partial charge on any atom is -0.335 e. The van der Waals surface area contributed by atoms with Gasteiger partial charge in [-0.1, -0.05) is 36.8 Å². The Morgan fingerprint density at radius 3 is 2.61 bits per heavy atom. The van der Waals surface area contributed by atoms with Crippen molar-refractivity contribution in [1.82, 2.24) is 10.2 Å². The zero-order chi connectivity index (χ0) is 15.5. The van der Waals surface area contributed by atoms with E-state index in [4.69, 9.17) is 0 Å². The van der Waals surface area contributed by atoms with Crippen molar-refractivity contribution >= 4 is 18.3 Å². The summed E-state index contributed by atoms with van der Waals surface area (Å²) in [5.41, 5.74) is 2.59. The van der Waals surface area contributed by atoms with Crippen molar-refractivity contribution < 1.29 is 4.79 Å². The summed E-state index contributed by atoms with van der Waals surface area (Å²) in [4.78, 5) is 15.1. The first kappa shape index (κ1) is 18.3. The van der Waals surface area contributed by atoms with Gasteiger partial charge in [-0.05, 0) is 50.6 Å². The Labute approximate surface area is 146 Å². The molecule has 2 aliphatic rings. The maximum absolute atomic E-state index is 12.9. The van der Waals surface area contributed by atoms with Gasteiger partial charge in [0.15, 0.2) is 0 Å². The van der Waals surface area contributed by atoms with Crippen LogP contribution in [0.15, 0.2) is 24.3 Å². The highest BCUT2D eigenvalue weighted by Gasteiger charge is 2.38. The number of nitrogens with zero attached hydrogens (tertiary/aromatic N) is 1. The summed E-state index contributed by atoms with van der Waals surface area (Å²) >= 11 is 0. The van der Waals surface area contributed by atoms with Gasteiger partial charge in [0, 0.05) is 25.0 Å². The van der Waals surface area contributed by atoms with E-state index in [9.17, 15) is 4.79 Å². The fourth-order valence-electron chi connectivity index (χ4n) is 4.04. The highest BCUT2D eigenvalue weighted by molar-refractivity contribution is 5.85. The number of benzene rings is 1. The smallest absolute Gasteiger partial charge is 0.223 e. The summed E-state index contributed by atoms with van der Waals surface area (Å²) in [6, 6.07) is 9.59. The topological polar surface area (TPSA) is 32.3 Å². The van der Waals surface area contributed by atoms with E-state index < -0.39 is 0 Å². The molecule has 3 unspecified atom stereocenters. The normalized spacial score (nSPS) is 24.7. The molecule has 0 radical (unpaired) electrons. The molecule has 2 bridgehead atoms. The first-order valence-corrected chi connectivity index (χ1v) is 8.77. The molecule has 3 atom stereocenters. The van der Waals surface area contributed by atoms with Crippen LogP contribution in [0.2, 0.25) is 0 Å². The van der Waals surface area contributed by atoms with Crippen LogP contribution in [0.3, 0.4) is 0 Å². The zero-order valence-corrected chi connectivity index (χ0v) is 15.1. The summed E-state index contributed by atoms with van der Waals surface area (Å²) in [5.74, 6) is 0.715. The summed E-state index contributed by atoms with van der Waals surface area (Å²) in [6.07, 6.45) is 5.16. The van der Waals surface area contributed by atoms with Crippen LogP contribution in [0.5, 0.6) is 0 Å². The summed E-state index contributed by atoms with van der Waals surface area (Å²) < 4.78 is 0. The number of hydrogen-bond donors (Lipinski definition) is 1. The van der Waals surface area contributed by atoms with Crippen LogP contribution < -0.4 is 5.32 Å². The molecule has 1 amide bonds. The third-order valence-electron chi connectivity index (χ3n) is 5.40. The van der Waals surface area contributed by atoms with E-state index >= 15 is 0 Å². The minimum absolute atomic E-state index is 0. The van der Waals surface area contributed by atoms with Crippen LogP contribution in [0.25, 0.3) is 0 Å². The first-order chi connectivity index (χ1) is 10.7. The largest absolute Gasteiger partial charge is 0.335 e. The van der Waals surface area contributed by atoms with E-state index in [-0.39, 0.29) is 12.4 Å². The highest BCUT2D eigenvalue weighted by Crippen LogP contribution is 2.31. The van der Waals surface area contributed by atoms with Gasteiger partial charge in [-0.2, -0.15) is 0 Å². The van der Waals surface area contributed by atoms with Gasteiger partial charge in [0.2, 0.25) is 5.91 Å². The highest BCUT2D eigenvalue weighted by atomic mass is 35.5. The van der Waals surface area contributed by atoms with Crippen LogP contribution >= 0.6 is 12.4 Å². The van der Waals surface area contributed by atoms with Gasteiger partial charge in [-0.25, -0.2) is 0 Å². The lowest BCUT2D eigenvalue weighted by molar-refractivity contribution is -0.134. The molecule has 1 N–H and O–H groups in total. The first-order valence-electron chi connectivity index (χ1n) is 8.77. The minimum atomic E-state index is 0. The third kappa shape index (κ3) is 4.07. The second-order valence-electron chi connectivity index (χ2n) is 6.90.